The summed E-state index contributed by atoms with van der Waals surface area (Å²) in [5.74, 6) is 0.434. The van der Waals surface area contributed by atoms with E-state index in [1.165, 1.54) is 12.1 Å². The summed E-state index contributed by atoms with van der Waals surface area (Å²) < 4.78 is 13.3. The molecule has 0 atom stereocenters. The minimum atomic E-state index is -0.283. The SMILES string of the molecule is Fc1ccc(Cl)c(CCc2ncc(Cc3c[nH]c4ncccc34)cn2)c1. The van der Waals surface area contributed by atoms with E-state index in [0.717, 1.165) is 40.0 Å². The number of nitrogens with one attached hydrogen (secondary N) is 1. The molecule has 0 aliphatic rings. The van der Waals surface area contributed by atoms with Crippen molar-refractivity contribution in [3.63, 3.8) is 0 Å². The van der Waals surface area contributed by atoms with E-state index in [-0.39, 0.29) is 5.82 Å². The lowest BCUT2D eigenvalue weighted by atomic mass is 10.1. The van der Waals surface area contributed by atoms with Gasteiger partial charge in [0.25, 0.3) is 0 Å². The van der Waals surface area contributed by atoms with Crippen molar-refractivity contribution in [2.24, 2.45) is 0 Å². The summed E-state index contributed by atoms with van der Waals surface area (Å²) in [6.45, 7) is 0. The molecule has 0 amide bonds. The Hall–Kier alpha value is -2.79. The Kier molecular flexibility index (Phi) is 4.63. The van der Waals surface area contributed by atoms with Crippen LogP contribution in [0.15, 0.2) is 55.1 Å². The summed E-state index contributed by atoms with van der Waals surface area (Å²) in [6, 6.07) is 8.37. The second-order valence-corrected chi connectivity index (χ2v) is 6.54. The third kappa shape index (κ3) is 3.58. The van der Waals surface area contributed by atoms with Crippen LogP contribution in [-0.4, -0.2) is 19.9 Å². The van der Waals surface area contributed by atoms with E-state index in [2.05, 4.69) is 19.9 Å². The number of fused-ring (bicyclic) bond motifs is 1. The van der Waals surface area contributed by atoms with Gasteiger partial charge in [0.15, 0.2) is 0 Å². The first-order valence-electron chi connectivity index (χ1n) is 8.34. The lowest BCUT2D eigenvalue weighted by Gasteiger charge is -2.05. The Morgan fingerprint density at radius 3 is 2.69 bits per heavy atom. The summed E-state index contributed by atoms with van der Waals surface area (Å²) in [5, 5.41) is 1.67. The third-order valence-corrected chi connectivity index (χ3v) is 4.68. The molecule has 0 radical (unpaired) electrons. The van der Waals surface area contributed by atoms with E-state index in [1.807, 2.05) is 30.7 Å². The van der Waals surface area contributed by atoms with Gasteiger partial charge in [-0.2, -0.15) is 0 Å². The first-order chi connectivity index (χ1) is 12.7. The second-order valence-electron chi connectivity index (χ2n) is 6.13. The van der Waals surface area contributed by atoms with Crippen molar-refractivity contribution in [2.75, 3.05) is 0 Å². The number of aryl methyl sites for hydroxylation is 2. The number of H-pyrrole nitrogens is 1. The van der Waals surface area contributed by atoms with Crippen LogP contribution in [0.25, 0.3) is 11.0 Å². The van der Waals surface area contributed by atoms with Gasteiger partial charge in [0.2, 0.25) is 0 Å². The Bertz CT molecular complexity index is 1040. The fourth-order valence-corrected chi connectivity index (χ4v) is 3.17. The topological polar surface area (TPSA) is 54.5 Å². The van der Waals surface area contributed by atoms with Gasteiger partial charge < -0.3 is 4.98 Å². The maximum absolute atomic E-state index is 13.3. The molecule has 3 aromatic heterocycles. The van der Waals surface area contributed by atoms with Crippen molar-refractivity contribution in [2.45, 2.75) is 19.3 Å². The van der Waals surface area contributed by atoms with Gasteiger partial charge >= 0.3 is 0 Å². The van der Waals surface area contributed by atoms with E-state index in [1.54, 1.807) is 12.3 Å². The number of aromatic amines is 1. The van der Waals surface area contributed by atoms with Gasteiger partial charge in [0, 0.05) is 48.0 Å². The molecule has 130 valence electrons. The molecule has 0 bridgehead atoms. The number of hydrogen-bond acceptors (Lipinski definition) is 3. The van der Waals surface area contributed by atoms with Crippen LogP contribution < -0.4 is 0 Å². The van der Waals surface area contributed by atoms with Gasteiger partial charge in [-0.3, -0.25) is 0 Å². The maximum atomic E-state index is 13.3. The highest BCUT2D eigenvalue weighted by Crippen LogP contribution is 2.20. The molecule has 3 heterocycles. The van der Waals surface area contributed by atoms with Crippen molar-refractivity contribution >= 4 is 22.6 Å². The Morgan fingerprint density at radius 2 is 1.85 bits per heavy atom. The van der Waals surface area contributed by atoms with E-state index >= 15 is 0 Å². The largest absolute Gasteiger partial charge is 0.346 e. The molecule has 4 aromatic rings. The molecular weight excluding hydrogens is 351 g/mol. The minimum Gasteiger partial charge on any atom is -0.346 e. The molecule has 4 rings (SSSR count). The lowest BCUT2D eigenvalue weighted by molar-refractivity contribution is 0.625. The summed E-state index contributed by atoms with van der Waals surface area (Å²) >= 11 is 6.10. The summed E-state index contributed by atoms with van der Waals surface area (Å²) in [4.78, 5) is 16.3. The highest BCUT2D eigenvalue weighted by molar-refractivity contribution is 6.31. The molecule has 1 N–H and O–H groups in total. The Balaban J connectivity index is 1.44. The molecule has 0 saturated heterocycles. The van der Waals surface area contributed by atoms with Crippen molar-refractivity contribution in [1.82, 2.24) is 19.9 Å². The van der Waals surface area contributed by atoms with Gasteiger partial charge in [-0.15, -0.1) is 0 Å². The Morgan fingerprint density at radius 1 is 1.00 bits per heavy atom. The molecular formula is C20H16ClFN4. The van der Waals surface area contributed by atoms with Crippen molar-refractivity contribution < 1.29 is 4.39 Å². The molecule has 0 saturated carbocycles. The fraction of sp³-hybridized carbons (Fsp3) is 0.150. The van der Waals surface area contributed by atoms with Gasteiger partial charge in [-0.25, -0.2) is 19.3 Å². The molecule has 0 fully saturated rings. The van der Waals surface area contributed by atoms with Gasteiger partial charge in [0.1, 0.15) is 17.3 Å². The standard InChI is InChI=1S/C20H16ClFN4/c21-18-5-4-16(22)9-14(18)3-6-19-24-10-13(11-25-19)8-15-12-26-20-17(15)2-1-7-23-20/h1-2,4-5,7,9-12H,3,6,8H2,(H,23,26). The average Bonchev–Trinajstić information content (AvgIpc) is 3.07. The van der Waals surface area contributed by atoms with Crippen LogP contribution in [0.2, 0.25) is 5.02 Å². The van der Waals surface area contributed by atoms with Crippen LogP contribution in [0.4, 0.5) is 4.39 Å². The number of benzene rings is 1. The zero-order valence-corrected chi connectivity index (χ0v) is 14.7. The lowest BCUT2D eigenvalue weighted by Crippen LogP contribution is -2.00. The Labute approximate surface area is 155 Å². The highest BCUT2D eigenvalue weighted by Gasteiger charge is 2.07. The molecule has 6 heteroatoms. The molecule has 26 heavy (non-hydrogen) atoms. The number of halogens is 2. The van der Waals surface area contributed by atoms with Crippen molar-refractivity contribution in [3.05, 3.63) is 88.5 Å². The number of nitrogens with zero attached hydrogens (tertiary/aromatic N) is 3. The molecule has 0 aliphatic carbocycles. The number of aromatic nitrogens is 4. The molecule has 0 spiro atoms. The minimum absolute atomic E-state index is 0.283. The van der Waals surface area contributed by atoms with Crippen molar-refractivity contribution in [1.29, 1.82) is 0 Å². The fourth-order valence-electron chi connectivity index (χ4n) is 2.96. The van der Waals surface area contributed by atoms with E-state index in [9.17, 15) is 4.39 Å². The zero-order chi connectivity index (χ0) is 17.9. The van der Waals surface area contributed by atoms with Crippen LogP contribution in [0, 0.1) is 5.82 Å². The number of hydrogen-bond donors (Lipinski definition) is 1. The number of pyridine rings is 1. The predicted molar refractivity (Wildman–Crippen MR) is 99.7 cm³/mol. The first kappa shape index (κ1) is 16.7. The van der Waals surface area contributed by atoms with Gasteiger partial charge in [-0.05, 0) is 53.4 Å². The molecule has 0 aliphatic heterocycles. The smallest absolute Gasteiger partial charge is 0.137 e. The van der Waals surface area contributed by atoms with Gasteiger partial charge in [-0.1, -0.05) is 11.6 Å². The first-order valence-corrected chi connectivity index (χ1v) is 8.71. The predicted octanol–water partition coefficient (Wildman–Crippen LogP) is 4.52. The summed E-state index contributed by atoms with van der Waals surface area (Å²) in [7, 11) is 0. The van der Waals surface area contributed by atoms with Crippen LogP contribution in [0.3, 0.4) is 0 Å². The molecule has 4 nitrogen and oxygen atoms in total. The van der Waals surface area contributed by atoms with Gasteiger partial charge in [0.05, 0.1) is 0 Å². The van der Waals surface area contributed by atoms with Crippen LogP contribution >= 0.6 is 11.6 Å². The third-order valence-electron chi connectivity index (χ3n) is 4.32. The molecule has 1 aromatic carbocycles. The number of rotatable bonds is 5. The molecule has 0 unspecified atom stereocenters. The van der Waals surface area contributed by atoms with Crippen LogP contribution in [0.1, 0.15) is 22.5 Å². The quantitative estimate of drug-likeness (QED) is 0.565. The zero-order valence-electron chi connectivity index (χ0n) is 13.9. The van der Waals surface area contributed by atoms with Crippen molar-refractivity contribution in [3.8, 4) is 0 Å². The monoisotopic (exact) mass is 366 g/mol. The van der Waals surface area contributed by atoms with E-state index in [0.29, 0.717) is 17.9 Å². The average molecular weight is 367 g/mol. The summed E-state index contributed by atoms with van der Waals surface area (Å²) in [6.07, 6.45) is 9.37. The van der Waals surface area contributed by atoms with Crippen LogP contribution in [-0.2, 0) is 19.3 Å². The maximum Gasteiger partial charge on any atom is 0.137 e. The summed E-state index contributed by atoms with van der Waals surface area (Å²) in [5.41, 5.74) is 3.84. The van der Waals surface area contributed by atoms with Crippen LogP contribution in [0.5, 0.6) is 0 Å². The van der Waals surface area contributed by atoms with E-state index in [4.69, 9.17) is 11.6 Å². The second kappa shape index (κ2) is 7.22. The van der Waals surface area contributed by atoms with E-state index < -0.39 is 0 Å². The highest BCUT2D eigenvalue weighted by atomic mass is 35.5. The normalized spacial score (nSPS) is 11.2.